The third-order valence-electron chi connectivity index (χ3n) is 8.35. The molecule has 2 heterocycles. The molecule has 10 nitrogen and oxygen atoms in total. The number of carbonyl (C=O) groups is 4. The molecule has 1 unspecified atom stereocenters. The Labute approximate surface area is 245 Å². The summed E-state index contributed by atoms with van der Waals surface area (Å²) in [6.45, 7) is 5.98. The normalized spacial score (nSPS) is 21.1. The minimum Gasteiger partial charge on any atom is -0.480 e. The Morgan fingerprint density at radius 2 is 1.66 bits per heavy atom. The summed E-state index contributed by atoms with van der Waals surface area (Å²) in [4.78, 5) is 57.4. The predicted molar refractivity (Wildman–Crippen MR) is 158 cm³/mol. The number of hydrogen-bond acceptors (Lipinski definition) is 4. The maximum atomic E-state index is 13.7. The van der Waals surface area contributed by atoms with Crippen molar-refractivity contribution in [1.82, 2.24) is 25.8 Å². The largest absolute Gasteiger partial charge is 0.480 e. The van der Waals surface area contributed by atoms with Crippen molar-refractivity contribution in [1.29, 1.82) is 0 Å². The molecule has 5 N–H and O–H groups in total. The van der Waals surface area contributed by atoms with Gasteiger partial charge >= 0.3 is 12.0 Å². The number of halogens is 1. The summed E-state index contributed by atoms with van der Waals surface area (Å²) in [6, 6.07) is 4.34. The SMILES string of the molecule is CCCC[C@@H](NC(=O)[C@@H](Cc1c(Cl)[nH]c2ccccc12)NC(=O)C(NC(=O)N1[C@H](C)CCC[C@@H]1C)C1CC1)C(=O)O. The standard InChI is InChI=1S/C30H42ClN5O5/c1-4-5-12-23(29(39)40)33-27(37)24(16-21-20-11-6-7-13-22(20)32-26(21)31)34-28(38)25(19-14-15-19)35-30(41)36-17(2)9-8-10-18(36)3/h6-7,11,13,17-19,23-25,32H,4-5,8-10,12,14-16H2,1-3H3,(H,33,37)(H,34,38)(H,35,41)(H,39,40)/t17-,18+,23-,24-,25?/m1/s1. The van der Waals surface area contributed by atoms with E-state index in [4.69, 9.17) is 11.6 Å². The maximum Gasteiger partial charge on any atom is 0.326 e. The van der Waals surface area contributed by atoms with Gasteiger partial charge in [-0.3, -0.25) is 9.59 Å². The lowest BCUT2D eigenvalue weighted by molar-refractivity contribution is -0.142. The van der Waals surface area contributed by atoms with Crippen LogP contribution in [0.1, 0.15) is 77.7 Å². The Hall–Kier alpha value is -3.27. The average molecular weight is 588 g/mol. The van der Waals surface area contributed by atoms with Gasteiger partial charge in [0.05, 0.1) is 0 Å². The first-order valence-electron chi connectivity index (χ1n) is 14.8. The molecule has 1 aliphatic carbocycles. The summed E-state index contributed by atoms with van der Waals surface area (Å²) >= 11 is 6.53. The summed E-state index contributed by atoms with van der Waals surface area (Å²) in [5.74, 6) is -2.22. The number of fused-ring (bicyclic) bond motifs is 1. The van der Waals surface area contributed by atoms with Gasteiger partial charge < -0.3 is 30.9 Å². The number of unbranched alkanes of at least 4 members (excludes halogenated alkanes) is 1. The van der Waals surface area contributed by atoms with Gasteiger partial charge in [-0.05, 0) is 69.9 Å². The van der Waals surface area contributed by atoms with E-state index in [-0.39, 0.29) is 36.9 Å². The fraction of sp³-hybridized carbons (Fsp3) is 0.600. The molecule has 2 aromatic rings. The molecule has 4 rings (SSSR count). The number of rotatable bonds is 12. The number of nitrogens with one attached hydrogen (secondary N) is 4. The molecule has 2 aliphatic rings. The molecule has 1 aliphatic heterocycles. The Morgan fingerprint density at radius 3 is 2.29 bits per heavy atom. The lowest BCUT2D eigenvalue weighted by Gasteiger charge is -2.39. The summed E-state index contributed by atoms with van der Waals surface area (Å²) in [5, 5.41) is 19.3. The highest BCUT2D eigenvalue weighted by Crippen LogP contribution is 2.34. The zero-order chi connectivity index (χ0) is 29.7. The molecule has 1 saturated carbocycles. The zero-order valence-electron chi connectivity index (χ0n) is 24.0. The summed E-state index contributed by atoms with van der Waals surface area (Å²) < 4.78 is 0. The van der Waals surface area contributed by atoms with Crippen molar-refractivity contribution in [3.05, 3.63) is 35.0 Å². The number of aromatic nitrogens is 1. The molecule has 0 spiro atoms. The van der Waals surface area contributed by atoms with Gasteiger partial charge in [-0.15, -0.1) is 0 Å². The van der Waals surface area contributed by atoms with Gasteiger partial charge in [0.1, 0.15) is 23.3 Å². The van der Waals surface area contributed by atoms with Crippen LogP contribution in [0.2, 0.25) is 5.15 Å². The van der Waals surface area contributed by atoms with Crippen LogP contribution in [-0.2, 0) is 20.8 Å². The average Bonchev–Trinajstić information content (AvgIpc) is 3.72. The Bertz CT molecular complexity index is 1250. The first-order valence-corrected chi connectivity index (χ1v) is 15.2. The molecule has 224 valence electrons. The molecular weight excluding hydrogens is 546 g/mol. The third kappa shape index (κ3) is 7.52. The van der Waals surface area contributed by atoms with E-state index in [9.17, 15) is 24.3 Å². The van der Waals surface area contributed by atoms with E-state index in [0.29, 0.717) is 17.1 Å². The number of carboxylic acid groups (broad SMARTS) is 1. The molecule has 0 bridgehead atoms. The number of likely N-dealkylation sites (tertiary alicyclic amines) is 1. The van der Waals surface area contributed by atoms with E-state index in [1.807, 2.05) is 49.9 Å². The van der Waals surface area contributed by atoms with Crippen molar-refractivity contribution in [2.45, 2.75) is 109 Å². The van der Waals surface area contributed by atoms with Crippen LogP contribution in [-0.4, -0.2) is 69.0 Å². The smallest absolute Gasteiger partial charge is 0.326 e. The molecule has 0 radical (unpaired) electrons. The van der Waals surface area contributed by atoms with E-state index in [1.165, 1.54) is 0 Å². The molecule has 11 heteroatoms. The molecule has 41 heavy (non-hydrogen) atoms. The zero-order valence-corrected chi connectivity index (χ0v) is 24.8. The van der Waals surface area contributed by atoms with Crippen molar-refractivity contribution < 1.29 is 24.3 Å². The number of carbonyl (C=O) groups excluding carboxylic acids is 3. The van der Waals surface area contributed by atoms with Gasteiger partial charge in [0.25, 0.3) is 0 Å². The van der Waals surface area contributed by atoms with Crippen molar-refractivity contribution >= 4 is 46.3 Å². The fourth-order valence-electron chi connectivity index (χ4n) is 5.84. The fourth-order valence-corrected chi connectivity index (χ4v) is 6.12. The van der Waals surface area contributed by atoms with Crippen LogP contribution < -0.4 is 16.0 Å². The van der Waals surface area contributed by atoms with Crippen LogP contribution in [0.15, 0.2) is 24.3 Å². The third-order valence-corrected chi connectivity index (χ3v) is 8.67. The molecule has 4 amide bonds. The topological polar surface area (TPSA) is 144 Å². The molecule has 1 saturated heterocycles. The number of aromatic amines is 1. The van der Waals surface area contributed by atoms with Crippen LogP contribution in [0.25, 0.3) is 10.9 Å². The first-order chi connectivity index (χ1) is 19.6. The lowest BCUT2D eigenvalue weighted by Crippen LogP contribution is -2.60. The van der Waals surface area contributed by atoms with Gasteiger partial charge in [0, 0.05) is 29.4 Å². The van der Waals surface area contributed by atoms with E-state index in [1.54, 1.807) is 0 Å². The van der Waals surface area contributed by atoms with Crippen LogP contribution >= 0.6 is 11.6 Å². The number of para-hydroxylation sites is 1. The molecule has 1 aromatic heterocycles. The maximum absolute atomic E-state index is 13.7. The van der Waals surface area contributed by atoms with E-state index in [2.05, 4.69) is 20.9 Å². The number of carboxylic acids is 1. The quantitative estimate of drug-likeness (QED) is 0.251. The number of piperidine rings is 1. The Balaban J connectivity index is 1.56. The van der Waals surface area contributed by atoms with Crippen LogP contribution in [0, 0.1) is 5.92 Å². The van der Waals surface area contributed by atoms with Gasteiger partial charge in [-0.25, -0.2) is 9.59 Å². The Morgan fingerprint density at radius 1 is 1.00 bits per heavy atom. The van der Waals surface area contributed by atoms with Gasteiger partial charge in [0.15, 0.2) is 0 Å². The number of aliphatic carboxylic acids is 1. The van der Waals surface area contributed by atoms with Gasteiger partial charge in [0.2, 0.25) is 11.8 Å². The molecule has 1 aromatic carbocycles. The second kappa shape index (κ2) is 13.6. The van der Waals surface area contributed by atoms with E-state index in [0.717, 1.165) is 49.4 Å². The highest BCUT2D eigenvalue weighted by atomic mass is 35.5. The van der Waals surface area contributed by atoms with Gasteiger partial charge in [-0.1, -0.05) is 49.6 Å². The van der Waals surface area contributed by atoms with Crippen molar-refractivity contribution in [2.24, 2.45) is 5.92 Å². The monoisotopic (exact) mass is 587 g/mol. The summed E-state index contributed by atoms with van der Waals surface area (Å²) in [7, 11) is 0. The number of H-pyrrole nitrogens is 1. The molecular formula is C30H42ClN5O5. The summed E-state index contributed by atoms with van der Waals surface area (Å²) in [6.07, 6.45) is 6.21. The minimum absolute atomic E-state index is 0.0222. The second-order valence-corrected chi connectivity index (χ2v) is 11.9. The van der Waals surface area contributed by atoms with Crippen LogP contribution in [0.5, 0.6) is 0 Å². The highest BCUT2D eigenvalue weighted by molar-refractivity contribution is 6.31. The molecule has 2 fully saturated rings. The first kappa shape index (κ1) is 30.7. The van der Waals surface area contributed by atoms with Crippen LogP contribution in [0.3, 0.4) is 0 Å². The number of amides is 4. The number of nitrogens with zero attached hydrogens (tertiary/aromatic N) is 1. The van der Waals surface area contributed by atoms with Crippen molar-refractivity contribution in [3.63, 3.8) is 0 Å². The number of benzene rings is 1. The highest BCUT2D eigenvalue weighted by Gasteiger charge is 2.41. The second-order valence-electron chi connectivity index (χ2n) is 11.6. The molecule has 5 atom stereocenters. The number of hydrogen-bond donors (Lipinski definition) is 5. The van der Waals surface area contributed by atoms with E-state index >= 15 is 0 Å². The minimum atomic E-state index is -1.13. The van der Waals surface area contributed by atoms with Crippen LogP contribution in [0.4, 0.5) is 4.79 Å². The lowest BCUT2D eigenvalue weighted by atomic mass is 9.98. The van der Waals surface area contributed by atoms with E-state index < -0.39 is 35.9 Å². The Kier molecular flexibility index (Phi) is 10.2. The summed E-state index contributed by atoms with van der Waals surface area (Å²) in [5.41, 5.74) is 1.43. The number of urea groups is 1. The predicted octanol–water partition coefficient (Wildman–Crippen LogP) is 4.36. The van der Waals surface area contributed by atoms with Crippen molar-refractivity contribution in [2.75, 3.05) is 0 Å². The van der Waals surface area contributed by atoms with Gasteiger partial charge in [-0.2, -0.15) is 0 Å². The van der Waals surface area contributed by atoms with Crippen molar-refractivity contribution in [3.8, 4) is 0 Å².